The first-order valence-corrected chi connectivity index (χ1v) is 0. The molecule has 0 bridgehead atoms. The second-order valence-electron chi connectivity index (χ2n) is 0. The van der Waals surface area contributed by atoms with E-state index in [1.54, 1.807) is 0 Å². The molecule has 0 aliphatic heterocycles. The first kappa shape index (κ1) is 54.2. The van der Waals surface area contributed by atoms with Crippen LogP contribution in [0.15, 0.2) is 0 Å². The molecule has 0 aromatic heterocycles. The minimum Gasteiger partial charge on any atom is -2.00 e. The number of hydrogen-bond donors (Lipinski definition) is 0. The van der Waals surface area contributed by atoms with E-state index < -0.39 is 0 Å². The van der Waals surface area contributed by atoms with E-state index in [0.717, 1.165) is 0 Å². The topological polar surface area (TPSA) is 28.5 Å². The van der Waals surface area contributed by atoms with Crippen LogP contribution in [-0.4, -0.2) is 0 Å². The van der Waals surface area contributed by atoms with Gasteiger partial charge in [0.25, 0.3) is 0 Å². The summed E-state index contributed by atoms with van der Waals surface area (Å²) in [6, 6.07) is 0. The quantitative estimate of drug-likeness (QED) is 0.354. The van der Waals surface area contributed by atoms with E-state index >= 15 is 0 Å². The van der Waals surface area contributed by atoms with E-state index in [0.29, 0.717) is 0 Å². The Morgan fingerprint density at radius 3 is 1.20 bits per heavy atom. The zero-order chi connectivity index (χ0) is 0. The normalized spacial score (nSPS) is 0. The van der Waals surface area contributed by atoms with Crippen molar-refractivity contribution in [2.75, 3.05) is 0 Å². The van der Waals surface area contributed by atoms with Gasteiger partial charge in [-0.1, -0.05) is 0 Å². The van der Waals surface area contributed by atoms with Crippen LogP contribution in [0, 0.1) is 0 Å². The van der Waals surface area contributed by atoms with Gasteiger partial charge in [-0.05, 0) is 0 Å². The van der Waals surface area contributed by atoms with Gasteiger partial charge in [0, 0.05) is 39.1 Å². The molecular formula is HCrLiMnOTi. The van der Waals surface area contributed by atoms with E-state index in [2.05, 4.69) is 0 Å². The van der Waals surface area contributed by atoms with Crippen LogP contribution < -0.4 is 18.9 Å². The summed E-state index contributed by atoms with van der Waals surface area (Å²) in [5.74, 6) is 0. The van der Waals surface area contributed by atoms with Gasteiger partial charge in [-0.15, -0.1) is 0 Å². The molecule has 1 nitrogen and oxygen atoms in total. The molecule has 0 saturated heterocycles. The average molecular weight is 179 g/mol. The van der Waals surface area contributed by atoms with E-state index in [9.17, 15) is 0 Å². The van der Waals surface area contributed by atoms with Crippen molar-refractivity contribution in [3.63, 3.8) is 0 Å². The van der Waals surface area contributed by atoms with Crippen molar-refractivity contribution in [1.82, 2.24) is 0 Å². The summed E-state index contributed by atoms with van der Waals surface area (Å²) >= 11 is 0. The molecule has 0 aromatic carbocycles. The average Bonchev–Trinajstić information content (AvgIpc) is 0. The predicted molar refractivity (Wildman–Crippen MR) is 1.80 cm³/mol. The van der Waals surface area contributed by atoms with Crippen LogP contribution in [0.25, 0.3) is 0 Å². The van der Waals surface area contributed by atoms with Crippen molar-refractivity contribution < 1.29 is 81.9 Å². The summed E-state index contributed by atoms with van der Waals surface area (Å²) in [5, 5.41) is 0. The van der Waals surface area contributed by atoms with E-state index in [4.69, 9.17) is 0 Å². The third-order valence-corrected chi connectivity index (χ3v) is 0. The molecule has 0 rings (SSSR count). The van der Waals surface area contributed by atoms with Gasteiger partial charge in [-0.25, -0.2) is 0 Å². The Hall–Kier alpha value is 2.32. The van der Waals surface area contributed by atoms with Gasteiger partial charge in [0.2, 0.25) is 0 Å². The van der Waals surface area contributed by atoms with Gasteiger partial charge in [-0.3, -0.25) is 0 Å². The summed E-state index contributed by atoms with van der Waals surface area (Å²) in [5.41, 5.74) is 0. The molecule has 1 radical (unpaired) electrons. The molecule has 0 spiro atoms. The van der Waals surface area contributed by atoms with Crippen LogP contribution in [0.1, 0.15) is 1.43 Å². The minimum absolute atomic E-state index is 0. The zero-order valence-electron chi connectivity index (χ0n) is 3.69. The fourth-order valence-electron chi connectivity index (χ4n) is 0. The standard InChI is InChI=1S/Cr.Li.Mn.O.Ti.H/q;+1;+2;-2;;-1. The third kappa shape index (κ3) is 21.9. The van der Waals surface area contributed by atoms with Gasteiger partial charge >= 0.3 is 35.9 Å². The smallest absolute Gasteiger partial charge is 2.00 e. The van der Waals surface area contributed by atoms with Crippen LogP contribution in [0.4, 0.5) is 0 Å². The van der Waals surface area contributed by atoms with Gasteiger partial charge in [0.15, 0.2) is 0 Å². The molecule has 0 atom stereocenters. The van der Waals surface area contributed by atoms with Gasteiger partial charge < -0.3 is 6.90 Å². The molecular weight excluding hydrogens is 178 g/mol. The van der Waals surface area contributed by atoms with Crippen molar-refractivity contribution in [1.29, 1.82) is 0 Å². The Kier molecular flexibility index (Phi) is 360. The summed E-state index contributed by atoms with van der Waals surface area (Å²) in [7, 11) is 0. The second kappa shape index (κ2) is 33.2. The van der Waals surface area contributed by atoms with Crippen molar-refractivity contribution in [2.24, 2.45) is 0 Å². The Labute approximate surface area is 81.1 Å². The maximum Gasteiger partial charge on any atom is 2.00 e. The molecule has 0 saturated carbocycles. The van der Waals surface area contributed by atoms with E-state index in [1.807, 2.05) is 0 Å². The summed E-state index contributed by atoms with van der Waals surface area (Å²) in [6.07, 6.45) is 0. The molecule has 0 unspecified atom stereocenters. The minimum atomic E-state index is 0. The van der Waals surface area contributed by atoms with E-state index in [1.165, 1.54) is 0 Å². The molecule has 0 amide bonds. The van der Waals surface area contributed by atoms with Crippen molar-refractivity contribution >= 4 is 0 Å². The molecule has 25 valence electrons. The Balaban J connectivity index is 0. The maximum atomic E-state index is 0. The number of hydrogen-bond acceptors (Lipinski definition) is 0. The molecule has 0 heterocycles. The molecule has 0 fully saturated rings. The molecule has 0 N–H and O–H groups in total. The Bertz CT molecular complexity index is 15.5. The van der Waals surface area contributed by atoms with Gasteiger partial charge in [-0.2, -0.15) is 0 Å². The molecule has 0 aliphatic rings. The summed E-state index contributed by atoms with van der Waals surface area (Å²) in [6.45, 7) is 0. The maximum absolute atomic E-state index is 0. The van der Waals surface area contributed by atoms with Crippen molar-refractivity contribution in [2.45, 2.75) is 0 Å². The Morgan fingerprint density at radius 1 is 1.20 bits per heavy atom. The fourth-order valence-corrected chi connectivity index (χ4v) is 0. The van der Waals surface area contributed by atoms with Crippen LogP contribution in [0.5, 0.6) is 0 Å². The molecule has 5 heavy (non-hydrogen) atoms. The largest absolute Gasteiger partial charge is 2.00 e. The van der Waals surface area contributed by atoms with Crippen LogP contribution in [-0.2, 0) is 61.6 Å². The van der Waals surface area contributed by atoms with Crippen molar-refractivity contribution in [3.05, 3.63) is 0 Å². The van der Waals surface area contributed by atoms with Crippen LogP contribution in [0.3, 0.4) is 0 Å². The molecule has 5 heteroatoms. The zero-order valence-corrected chi connectivity index (χ0v) is 6.71. The fraction of sp³-hybridized carbons (Fsp3) is 0. The predicted octanol–water partition coefficient (Wildman–Crippen LogP) is -3.01. The molecule has 0 aliphatic carbocycles. The summed E-state index contributed by atoms with van der Waals surface area (Å²) < 4.78 is 0. The third-order valence-electron chi connectivity index (χ3n) is 0. The van der Waals surface area contributed by atoms with Crippen molar-refractivity contribution in [3.8, 4) is 0 Å². The van der Waals surface area contributed by atoms with E-state index in [-0.39, 0.29) is 81.9 Å². The number of rotatable bonds is 0. The second-order valence-corrected chi connectivity index (χ2v) is 0. The Morgan fingerprint density at radius 2 is 1.20 bits per heavy atom. The van der Waals surface area contributed by atoms with Gasteiger partial charge in [0.05, 0.1) is 0 Å². The first-order valence-electron chi connectivity index (χ1n) is 0. The van der Waals surface area contributed by atoms with Crippen LogP contribution >= 0.6 is 0 Å². The van der Waals surface area contributed by atoms with Crippen LogP contribution in [0.2, 0.25) is 0 Å². The van der Waals surface area contributed by atoms with Gasteiger partial charge in [0.1, 0.15) is 0 Å². The molecule has 0 aromatic rings. The first-order chi connectivity index (χ1) is 0. The SMILES string of the molecule is [Cr].[H-].[Li+].[Mn+2].[O-2].[Ti]. The monoisotopic (exact) mass is 179 g/mol. The summed E-state index contributed by atoms with van der Waals surface area (Å²) in [4.78, 5) is 0.